The molecule has 0 saturated heterocycles. The Kier molecular flexibility index (Phi) is 4.40. The van der Waals surface area contributed by atoms with Gasteiger partial charge in [-0.25, -0.2) is 9.18 Å². The van der Waals surface area contributed by atoms with Crippen LogP contribution < -0.4 is 10.6 Å². The van der Waals surface area contributed by atoms with Gasteiger partial charge in [-0.15, -0.1) is 0 Å². The molecule has 4 N–H and O–H groups in total. The monoisotopic (exact) mass is 330 g/mol. The topological polar surface area (TPSA) is 81.6 Å². The van der Waals surface area contributed by atoms with Gasteiger partial charge in [-0.3, -0.25) is 0 Å². The molecule has 1 unspecified atom stereocenters. The zero-order chi connectivity index (χ0) is 17.2. The first-order chi connectivity index (χ1) is 11.5. The molecule has 1 aliphatic carbocycles. The first-order valence-corrected chi connectivity index (χ1v) is 7.78. The van der Waals surface area contributed by atoms with E-state index in [0.29, 0.717) is 12.0 Å². The van der Waals surface area contributed by atoms with Crippen molar-refractivity contribution in [3.05, 3.63) is 65.0 Å². The Morgan fingerprint density at radius 3 is 2.79 bits per heavy atom. The standard InChI is InChI=1S/C18H19FN2O3/c19-15-9-12(5-6-16(15)22)10-20-17(23)21-11-18(24)8-7-13-3-1-2-4-14(13)18/h1-6,9,22,24H,7-8,10-11H2,(H2,20,21,23). The van der Waals surface area contributed by atoms with Gasteiger partial charge in [0.1, 0.15) is 5.60 Å². The largest absolute Gasteiger partial charge is 0.505 e. The van der Waals surface area contributed by atoms with E-state index in [-0.39, 0.29) is 13.1 Å². The summed E-state index contributed by atoms with van der Waals surface area (Å²) < 4.78 is 13.2. The molecule has 0 bridgehead atoms. The molecule has 2 aromatic carbocycles. The Balaban J connectivity index is 1.54. The van der Waals surface area contributed by atoms with Gasteiger partial charge in [0.05, 0.1) is 6.54 Å². The van der Waals surface area contributed by atoms with Crippen LogP contribution >= 0.6 is 0 Å². The number of phenolic OH excluding ortho intramolecular Hbond substituents is 1. The highest BCUT2D eigenvalue weighted by Gasteiger charge is 2.36. The highest BCUT2D eigenvalue weighted by Crippen LogP contribution is 2.36. The molecule has 6 heteroatoms. The number of halogens is 1. The van der Waals surface area contributed by atoms with Crippen molar-refractivity contribution >= 4 is 6.03 Å². The summed E-state index contributed by atoms with van der Waals surface area (Å²) >= 11 is 0. The molecule has 126 valence electrons. The molecular weight excluding hydrogens is 311 g/mol. The number of amides is 2. The third-order valence-corrected chi connectivity index (χ3v) is 4.33. The maximum atomic E-state index is 13.2. The van der Waals surface area contributed by atoms with Gasteiger partial charge in [0.25, 0.3) is 0 Å². The number of rotatable bonds is 4. The van der Waals surface area contributed by atoms with Gasteiger partial charge in [-0.2, -0.15) is 0 Å². The minimum Gasteiger partial charge on any atom is -0.505 e. The zero-order valence-corrected chi connectivity index (χ0v) is 13.1. The van der Waals surface area contributed by atoms with E-state index in [1.807, 2.05) is 24.3 Å². The van der Waals surface area contributed by atoms with Crippen molar-refractivity contribution in [1.29, 1.82) is 0 Å². The fourth-order valence-electron chi connectivity index (χ4n) is 2.98. The number of carbonyl (C=O) groups excluding carboxylic acids is 1. The highest BCUT2D eigenvalue weighted by molar-refractivity contribution is 5.74. The Bertz CT molecular complexity index is 766. The van der Waals surface area contributed by atoms with Gasteiger partial charge in [-0.05, 0) is 41.7 Å². The molecular formula is C18H19FN2O3. The summed E-state index contributed by atoms with van der Waals surface area (Å²) in [4.78, 5) is 11.9. The number of aliphatic hydroxyl groups is 1. The van der Waals surface area contributed by atoms with Crippen molar-refractivity contribution in [3.63, 3.8) is 0 Å². The highest BCUT2D eigenvalue weighted by atomic mass is 19.1. The van der Waals surface area contributed by atoms with E-state index in [1.54, 1.807) is 0 Å². The molecule has 0 aromatic heterocycles. The fourth-order valence-corrected chi connectivity index (χ4v) is 2.98. The molecule has 0 aliphatic heterocycles. The number of hydrogen-bond acceptors (Lipinski definition) is 3. The second kappa shape index (κ2) is 6.49. The lowest BCUT2D eigenvalue weighted by Gasteiger charge is -2.24. The van der Waals surface area contributed by atoms with Crippen LogP contribution in [0.2, 0.25) is 0 Å². The molecule has 5 nitrogen and oxygen atoms in total. The number of aryl methyl sites for hydroxylation is 1. The molecule has 0 spiro atoms. The molecule has 1 aliphatic rings. The van der Waals surface area contributed by atoms with Crippen molar-refractivity contribution < 1.29 is 19.4 Å². The summed E-state index contributed by atoms with van der Waals surface area (Å²) in [6, 6.07) is 11.1. The average molecular weight is 330 g/mol. The van der Waals surface area contributed by atoms with Gasteiger partial charge in [0, 0.05) is 6.54 Å². The molecule has 24 heavy (non-hydrogen) atoms. The van der Waals surface area contributed by atoms with E-state index in [9.17, 15) is 14.3 Å². The normalized spacial score (nSPS) is 18.9. The van der Waals surface area contributed by atoms with Crippen molar-refractivity contribution in [1.82, 2.24) is 10.6 Å². The predicted molar refractivity (Wildman–Crippen MR) is 87.0 cm³/mol. The van der Waals surface area contributed by atoms with Crippen molar-refractivity contribution in [3.8, 4) is 5.75 Å². The molecule has 0 saturated carbocycles. The summed E-state index contributed by atoms with van der Waals surface area (Å²) in [5.74, 6) is -1.16. The molecule has 3 rings (SSSR count). The lowest BCUT2D eigenvalue weighted by molar-refractivity contribution is 0.0412. The second-order valence-corrected chi connectivity index (χ2v) is 6.01. The number of carbonyl (C=O) groups is 1. The second-order valence-electron chi connectivity index (χ2n) is 6.01. The maximum Gasteiger partial charge on any atom is 0.315 e. The van der Waals surface area contributed by atoms with Crippen molar-refractivity contribution in [2.75, 3.05) is 6.54 Å². The predicted octanol–water partition coefficient (Wildman–Crippen LogP) is 2.16. The Morgan fingerprint density at radius 1 is 1.21 bits per heavy atom. The molecule has 2 aromatic rings. The average Bonchev–Trinajstić information content (AvgIpc) is 2.92. The van der Waals surface area contributed by atoms with E-state index in [2.05, 4.69) is 10.6 Å². The van der Waals surface area contributed by atoms with Gasteiger partial charge >= 0.3 is 6.03 Å². The van der Waals surface area contributed by atoms with E-state index in [4.69, 9.17) is 5.11 Å². The van der Waals surface area contributed by atoms with Gasteiger partial charge in [-0.1, -0.05) is 30.3 Å². The third kappa shape index (κ3) is 3.33. The molecule has 0 heterocycles. The van der Waals surface area contributed by atoms with Crippen molar-refractivity contribution in [2.24, 2.45) is 0 Å². The van der Waals surface area contributed by atoms with Crippen LogP contribution in [0.4, 0.5) is 9.18 Å². The number of phenols is 1. The fraction of sp³-hybridized carbons (Fsp3) is 0.278. The Morgan fingerprint density at radius 2 is 2.00 bits per heavy atom. The summed E-state index contributed by atoms with van der Waals surface area (Å²) in [7, 11) is 0. The van der Waals surface area contributed by atoms with Crippen LogP contribution in [-0.4, -0.2) is 22.8 Å². The Hall–Kier alpha value is -2.60. The smallest absolute Gasteiger partial charge is 0.315 e. The summed E-state index contributed by atoms with van der Waals surface area (Å²) in [6.07, 6.45) is 1.35. The summed E-state index contributed by atoms with van der Waals surface area (Å²) in [5.41, 5.74) is 1.43. The van der Waals surface area contributed by atoms with Gasteiger partial charge in [0.15, 0.2) is 11.6 Å². The lowest BCUT2D eigenvalue weighted by atomic mass is 9.96. The first-order valence-electron chi connectivity index (χ1n) is 7.78. The van der Waals surface area contributed by atoms with Crippen LogP contribution in [0.15, 0.2) is 42.5 Å². The van der Waals surface area contributed by atoms with E-state index in [1.165, 1.54) is 12.1 Å². The van der Waals surface area contributed by atoms with Crippen LogP contribution in [0.5, 0.6) is 5.75 Å². The Labute approximate surface area is 139 Å². The lowest BCUT2D eigenvalue weighted by Crippen LogP contribution is -2.43. The third-order valence-electron chi connectivity index (χ3n) is 4.33. The van der Waals surface area contributed by atoms with Crippen LogP contribution in [0.3, 0.4) is 0 Å². The number of fused-ring (bicyclic) bond motifs is 1. The number of aromatic hydroxyl groups is 1. The van der Waals surface area contributed by atoms with Crippen LogP contribution in [0, 0.1) is 5.82 Å². The van der Waals surface area contributed by atoms with Gasteiger partial charge < -0.3 is 20.8 Å². The number of benzene rings is 2. The van der Waals surface area contributed by atoms with E-state index >= 15 is 0 Å². The summed E-state index contributed by atoms with van der Waals surface area (Å²) in [5, 5.41) is 25.1. The minimum atomic E-state index is -1.06. The molecule has 1 atom stereocenters. The SMILES string of the molecule is O=C(NCc1ccc(O)c(F)c1)NCC1(O)CCc2ccccc21. The quantitative estimate of drug-likeness (QED) is 0.693. The molecule has 2 amide bonds. The number of urea groups is 1. The number of nitrogens with one attached hydrogen (secondary N) is 2. The zero-order valence-electron chi connectivity index (χ0n) is 13.1. The van der Waals surface area contributed by atoms with Crippen LogP contribution in [-0.2, 0) is 18.6 Å². The molecule has 0 fully saturated rings. The number of hydrogen-bond donors (Lipinski definition) is 4. The van der Waals surface area contributed by atoms with E-state index in [0.717, 1.165) is 23.6 Å². The first kappa shape index (κ1) is 16.3. The molecule has 0 radical (unpaired) electrons. The maximum absolute atomic E-state index is 13.2. The summed E-state index contributed by atoms with van der Waals surface area (Å²) in [6.45, 7) is 0.234. The van der Waals surface area contributed by atoms with Crippen LogP contribution in [0.1, 0.15) is 23.1 Å². The minimum absolute atomic E-state index is 0.111. The van der Waals surface area contributed by atoms with Crippen molar-refractivity contribution in [2.45, 2.75) is 25.0 Å². The van der Waals surface area contributed by atoms with Gasteiger partial charge in [0.2, 0.25) is 0 Å². The van der Waals surface area contributed by atoms with E-state index < -0.39 is 23.2 Å². The van der Waals surface area contributed by atoms with Crippen LogP contribution in [0.25, 0.3) is 0 Å².